The third-order valence-electron chi connectivity index (χ3n) is 3.46. The van der Waals surface area contributed by atoms with Gasteiger partial charge in [-0.05, 0) is 24.5 Å². The van der Waals surface area contributed by atoms with Crippen LogP contribution in [0, 0.1) is 6.92 Å². The Morgan fingerprint density at radius 1 is 1.05 bits per heavy atom. The average Bonchev–Trinajstić information content (AvgIpc) is 2.39. The van der Waals surface area contributed by atoms with E-state index in [4.69, 9.17) is 5.73 Å². The molecule has 1 heterocycles. The fraction of sp³-hybridized carbons (Fsp3) is 0.188. The Hall–Kier alpha value is -1.80. The quantitative estimate of drug-likeness (QED) is 0.849. The molecule has 1 aliphatic heterocycles. The summed E-state index contributed by atoms with van der Waals surface area (Å²) in [7, 11) is 0. The maximum atomic E-state index is 6.05. The molecule has 0 spiro atoms. The van der Waals surface area contributed by atoms with Gasteiger partial charge in [0, 0.05) is 5.56 Å². The van der Waals surface area contributed by atoms with Gasteiger partial charge in [0.05, 0.1) is 6.04 Å². The van der Waals surface area contributed by atoms with E-state index >= 15 is 0 Å². The minimum Gasteiger partial charge on any atom is -0.383 e. The van der Waals surface area contributed by atoms with Crippen LogP contribution in [-0.4, -0.2) is 5.84 Å². The maximum absolute atomic E-state index is 6.05. The zero-order valence-electron chi connectivity index (χ0n) is 10.8. The number of nitrogens with two attached hydrogens (primary N) is 1. The fourth-order valence-electron chi connectivity index (χ4n) is 2.42. The van der Waals surface area contributed by atoms with E-state index in [9.17, 15) is 0 Å². The van der Waals surface area contributed by atoms with Crippen molar-refractivity contribution in [3.63, 3.8) is 0 Å². The first-order chi connectivity index (χ1) is 8.74. The lowest BCUT2D eigenvalue weighted by Crippen LogP contribution is -2.22. The van der Waals surface area contributed by atoms with E-state index in [1.165, 1.54) is 16.7 Å². The molecule has 1 unspecified atom stereocenters. The summed E-state index contributed by atoms with van der Waals surface area (Å²) in [4.78, 5) is 4.62. The number of hydrogen-bond acceptors (Lipinski definition) is 2. The van der Waals surface area contributed by atoms with Crippen LogP contribution in [0.15, 0.2) is 53.5 Å². The van der Waals surface area contributed by atoms with Gasteiger partial charge < -0.3 is 5.73 Å². The number of halogens is 1. The molecule has 0 amide bonds. The van der Waals surface area contributed by atoms with Crippen LogP contribution >= 0.6 is 12.4 Å². The Labute approximate surface area is 119 Å². The Kier molecular flexibility index (Phi) is 3.91. The number of nitrogens with zero attached hydrogens (tertiary/aromatic N) is 1. The summed E-state index contributed by atoms with van der Waals surface area (Å²) in [6.07, 6.45) is 0.930. The number of rotatable bonds is 1. The molecular formula is C16H17ClN2. The highest BCUT2D eigenvalue weighted by Gasteiger charge is 2.19. The van der Waals surface area contributed by atoms with Crippen molar-refractivity contribution in [1.82, 2.24) is 0 Å². The van der Waals surface area contributed by atoms with E-state index in [1.807, 2.05) is 12.1 Å². The van der Waals surface area contributed by atoms with Gasteiger partial charge in [-0.1, -0.05) is 54.1 Å². The van der Waals surface area contributed by atoms with Crippen molar-refractivity contribution < 1.29 is 0 Å². The molecule has 3 heteroatoms. The van der Waals surface area contributed by atoms with E-state index in [2.05, 4.69) is 48.3 Å². The van der Waals surface area contributed by atoms with Crippen molar-refractivity contribution in [3.8, 4) is 0 Å². The molecule has 0 aromatic heterocycles. The third-order valence-corrected chi connectivity index (χ3v) is 3.46. The van der Waals surface area contributed by atoms with Crippen LogP contribution in [-0.2, 0) is 6.42 Å². The zero-order valence-corrected chi connectivity index (χ0v) is 11.7. The first kappa shape index (κ1) is 13.6. The smallest absolute Gasteiger partial charge is 0.126 e. The normalized spacial score (nSPS) is 17.1. The third kappa shape index (κ3) is 2.64. The fourth-order valence-corrected chi connectivity index (χ4v) is 2.42. The molecule has 2 aromatic rings. The molecule has 98 valence electrons. The minimum atomic E-state index is 0. The highest BCUT2D eigenvalue weighted by molar-refractivity contribution is 5.99. The lowest BCUT2D eigenvalue weighted by Gasteiger charge is -2.21. The summed E-state index contributed by atoms with van der Waals surface area (Å²) in [5.41, 5.74) is 10.9. The lowest BCUT2D eigenvalue weighted by atomic mass is 9.92. The maximum Gasteiger partial charge on any atom is 0.126 e. The van der Waals surface area contributed by atoms with E-state index in [0.29, 0.717) is 5.84 Å². The molecule has 0 bridgehead atoms. The summed E-state index contributed by atoms with van der Waals surface area (Å²) in [6.45, 7) is 2.09. The number of benzene rings is 2. The number of hydrogen-bond donors (Lipinski definition) is 1. The Bertz CT molecular complexity index is 602. The number of amidine groups is 1. The molecule has 1 atom stereocenters. The highest BCUT2D eigenvalue weighted by Crippen LogP contribution is 2.28. The van der Waals surface area contributed by atoms with Gasteiger partial charge in [0.1, 0.15) is 5.84 Å². The lowest BCUT2D eigenvalue weighted by molar-refractivity contribution is 0.710. The first-order valence-corrected chi connectivity index (χ1v) is 6.22. The molecule has 1 aliphatic rings. The summed E-state index contributed by atoms with van der Waals surface area (Å²) in [5, 5.41) is 0. The molecule has 2 N–H and O–H groups in total. The number of aliphatic imine (C=N–C) groups is 1. The molecule has 0 saturated heterocycles. The summed E-state index contributed by atoms with van der Waals surface area (Å²) in [5.74, 6) is 0.655. The van der Waals surface area contributed by atoms with Crippen molar-refractivity contribution in [1.29, 1.82) is 0 Å². The van der Waals surface area contributed by atoms with Crippen molar-refractivity contribution >= 4 is 18.2 Å². The topological polar surface area (TPSA) is 38.4 Å². The Balaban J connectivity index is 0.00000133. The van der Waals surface area contributed by atoms with Gasteiger partial charge in [0.25, 0.3) is 0 Å². The van der Waals surface area contributed by atoms with E-state index in [0.717, 1.165) is 12.0 Å². The van der Waals surface area contributed by atoms with E-state index < -0.39 is 0 Å². The molecule has 0 fully saturated rings. The van der Waals surface area contributed by atoms with Gasteiger partial charge in [-0.2, -0.15) is 0 Å². The first-order valence-electron chi connectivity index (χ1n) is 6.22. The van der Waals surface area contributed by atoms with Gasteiger partial charge in [0.15, 0.2) is 0 Å². The van der Waals surface area contributed by atoms with Gasteiger partial charge >= 0.3 is 0 Å². The molecular weight excluding hydrogens is 256 g/mol. The second-order valence-electron chi connectivity index (χ2n) is 4.80. The van der Waals surface area contributed by atoms with Gasteiger partial charge in [0.2, 0.25) is 0 Å². The SMILES string of the molecule is Cc1ccc(C2Cc3ccccc3C(N)=N2)cc1.Cl. The van der Waals surface area contributed by atoms with Gasteiger partial charge in [-0.25, -0.2) is 0 Å². The molecule has 2 aromatic carbocycles. The molecule has 0 radical (unpaired) electrons. The van der Waals surface area contributed by atoms with Crippen LogP contribution in [0.3, 0.4) is 0 Å². The number of fused-ring (bicyclic) bond motifs is 1. The van der Waals surface area contributed by atoms with Gasteiger partial charge in [-0.15, -0.1) is 12.4 Å². The van der Waals surface area contributed by atoms with Crippen molar-refractivity contribution in [2.75, 3.05) is 0 Å². The van der Waals surface area contributed by atoms with Crippen LogP contribution in [0.5, 0.6) is 0 Å². The largest absolute Gasteiger partial charge is 0.383 e. The Morgan fingerprint density at radius 2 is 1.74 bits per heavy atom. The average molecular weight is 273 g/mol. The summed E-state index contributed by atoms with van der Waals surface area (Å²) < 4.78 is 0. The molecule has 0 saturated carbocycles. The summed E-state index contributed by atoms with van der Waals surface area (Å²) in [6, 6.07) is 16.9. The predicted molar refractivity (Wildman–Crippen MR) is 82.0 cm³/mol. The van der Waals surface area contributed by atoms with Gasteiger partial charge in [-0.3, -0.25) is 4.99 Å². The van der Waals surface area contributed by atoms with Crippen molar-refractivity contribution in [3.05, 3.63) is 70.8 Å². The second-order valence-corrected chi connectivity index (χ2v) is 4.80. The molecule has 2 nitrogen and oxygen atoms in total. The van der Waals surface area contributed by atoms with Crippen molar-refractivity contribution in [2.45, 2.75) is 19.4 Å². The predicted octanol–water partition coefficient (Wildman–Crippen LogP) is 3.42. The van der Waals surface area contributed by atoms with Crippen LogP contribution in [0.2, 0.25) is 0 Å². The van der Waals surface area contributed by atoms with Crippen LogP contribution in [0.4, 0.5) is 0 Å². The zero-order chi connectivity index (χ0) is 12.5. The second kappa shape index (κ2) is 5.45. The number of aryl methyl sites for hydroxylation is 1. The molecule has 0 aliphatic carbocycles. The van der Waals surface area contributed by atoms with E-state index in [-0.39, 0.29) is 18.4 Å². The molecule has 3 rings (SSSR count). The minimum absolute atomic E-state index is 0. The van der Waals surface area contributed by atoms with Crippen molar-refractivity contribution in [2.24, 2.45) is 10.7 Å². The monoisotopic (exact) mass is 272 g/mol. The van der Waals surface area contributed by atoms with Crippen LogP contribution < -0.4 is 5.73 Å². The van der Waals surface area contributed by atoms with Crippen LogP contribution in [0.25, 0.3) is 0 Å². The van der Waals surface area contributed by atoms with E-state index in [1.54, 1.807) is 0 Å². The summed E-state index contributed by atoms with van der Waals surface area (Å²) >= 11 is 0. The van der Waals surface area contributed by atoms with Crippen LogP contribution in [0.1, 0.15) is 28.3 Å². The molecule has 19 heavy (non-hydrogen) atoms. The standard InChI is InChI=1S/C16H16N2.ClH/c1-11-6-8-12(9-7-11)15-10-13-4-2-3-5-14(13)16(17)18-15;/h2-9,15H,10H2,1H3,(H2,17,18);1H. The highest BCUT2D eigenvalue weighted by atomic mass is 35.5. The Morgan fingerprint density at radius 3 is 2.47 bits per heavy atom.